The van der Waals surface area contributed by atoms with Crippen LogP contribution in [0, 0.1) is 5.82 Å². The van der Waals surface area contributed by atoms with Crippen LogP contribution in [-0.2, 0) is 32.3 Å². The third-order valence-electron chi connectivity index (χ3n) is 4.73. The maximum Gasteiger partial charge on any atom is 0.416 e. The van der Waals surface area contributed by atoms with Crippen molar-refractivity contribution in [3.8, 4) is 0 Å². The Labute approximate surface area is 176 Å². The van der Waals surface area contributed by atoms with Crippen molar-refractivity contribution < 1.29 is 50.1 Å². The zero-order chi connectivity index (χ0) is 23.9. The van der Waals surface area contributed by atoms with Crippen molar-refractivity contribution in [2.24, 2.45) is 0 Å². The Morgan fingerprint density at radius 3 is 2.09 bits per heavy atom. The van der Waals surface area contributed by atoms with E-state index in [4.69, 9.17) is 9.47 Å². The van der Waals surface area contributed by atoms with Gasteiger partial charge in [-0.15, -0.1) is 0 Å². The molecule has 0 bridgehead atoms. The van der Waals surface area contributed by atoms with Crippen LogP contribution in [0.25, 0.3) is 0 Å². The SMILES string of the molecule is CC(OC1OCC(=O)NC1(O)c1ccc(F)cc1)c1cc(C(F)(F)F)cc(C(F)(F)F)c1. The molecule has 1 aliphatic rings. The number of ether oxygens (including phenoxy) is 2. The molecule has 12 heteroatoms. The van der Waals surface area contributed by atoms with Crippen molar-refractivity contribution in [2.75, 3.05) is 6.61 Å². The van der Waals surface area contributed by atoms with Crippen LogP contribution in [0.5, 0.6) is 0 Å². The summed E-state index contributed by atoms with van der Waals surface area (Å²) in [5, 5.41) is 13.2. The topological polar surface area (TPSA) is 67.8 Å². The molecule has 0 saturated carbocycles. The second-order valence-corrected chi connectivity index (χ2v) is 7.08. The highest BCUT2D eigenvalue weighted by molar-refractivity contribution is 5.78. The number of hydrogen-bond acceptors (Lipinski definition) is 4. The van der Waals surface area contributed by atoms with Gasteiger partial charge >= 0.3 is 12.4 Å². The van der Waals surface area contributed by atoms with E-state index in [0.29, 0.717) is 12.1 Å². The van der Waals surface area contributed by atoms with E-state index in [0.717, 1.165) is 31.2 Å². The van der Waals surface area contributed by atoms with Crippen molar-refractivity contribution >= 4 is 5.91 Å². The van der Waals surface area contributed by atoms with E-state index in [1.807, 2.05) is 0 Å². The Kier molecular flexibility index (Phi) is 6.24. The highest BCUT2D eigenvalue weighted by atomic mass is 19.4. The molecule has 32 heavy (non-hydrogen) atoms. The number of amides is 1. The predicted molar refractivity (Wildman–Crippen MR) is 94.1 cm³/mol. The molecule has 3 atom stereocenters. The summed E-state index contributed by atoms with van der Waals surface area (Å²) in [6, 6.07) is 5.10. The first-order chi connectivity index (χ1) is 14.7. The Hall–Kier alpha value is -2.70. The average molecular weight is 467 g/mol. The second kappa shape index (κ2) is 8.34. The van der Waals surface area contributed by atoms with Crippen molar-refractivity contribution in [3.05, 3.63) is 70.5 Å². The van der Waals surface area contributed by atoms with Gasteiger partial charge in [0, 0.05) is 5.56 Å². The second-order valence-electron chi connectivity index (χ2n) is 7.08. The molecule has 2 aromatic rings. The Balaban J connectivity index is 1.96. The summed E-state index contributed by atoms with van der Waals surface area (Å²) in [6.07, 6.45) is -13.3. The van der Waals surface area contributed by atoms with Gasteiger partial charge in [0.15, 0.2) is 0 Å². The van der Waals surface area contributed by atoms with E-state index in [1.165, 1.54) is 0 Å². The van der Waals surface area contributed by atoms with Crippen LogP contribution in [-0.4, -0.2) is 23.9 Å². The number of benzene rings is 2. The molecule has 1 fully saturated rings. The van der Waals surface area contributed by atoms with Crippen LogP contribution < -0.4 is 5.32 Å². The van der Waals surface area contributed by atoms with Gasteiger partial charge < -0.3 is 19.9 Å². The minimum absolute atomic E-state index is 0.0254. The number of rotatable bonds is 4. The quantitative estimate of drug-likeness (QED) is 0.660. The molecule has 1 saturated heterocycles. The molecule has 3 unspecified atom stereocenters. The normalized spacial score (nSPS) is 23.0. The molecule has 1 aliphatic heterocycles. The van der Waals surface area contributed by atoms with Crippen LogP contribution in [0.15, 0.2) is 42.5 Å². The van der Waals surface area contributed by atoms with Crippen molar-refractivity contribution in [1.29, 1.82) is 0 Å². The fourth-order valence-corrected chi connectivity index (χ4v) is 3.11. The van der Waals surface area contributed by atoms with Crippen molar-refractivity contribution in [3.63, 3.8) is 0 Å². The maximum atomic E-state index is 13.2. The molecule has 1 heterocycles. The van der Waals surface area contributed by atoms with Gasteiger partial charge in [-0.2, -0.15) is 26.3 Å². The van der Waals surface area contributed by atoms with Crippen molar-refractivity contribution in [2.45, 2.75) is 37.4 Å². The standard InChI is InChI=1S/C20H16F7NO4/c1-10(11-6-13(19(22,23)24)8-14(7-11)20(25,26)27)32-17-18(30,28-16(29)9-31-17)12-2-4-15(21)5-3-12/h2-8,10,17,30H,9H2,1H3,(H,28,29). The maximum absolute atomic E-state index is 13.2. The number of morpholine rings is 1. The van der Waals surface area contributed by atoms with Crippen LogP contribution in [0.1, 0.15) is 35.3 Å². The van der Waals surface area contributed by atoms with E-state index in [2.05, 4.69) is 5.32 Å². The first-order valence-electron chi connectivity index (χ1n) is 9.06. The average Bonchev–Trinajstić information content (AvgIpc) is 2.69. The molecule has 0 aromatic heterocycles. The van der Waals surface area contributed by atoms with Crippen LogP contribution in [0.4, 0.5) is 30.7 Å². The van der Waals surface area contributed by atoms with Gasteiger partial charge in [-0.3, -0.25) is 4.79 Å². The largest absolute Gasteiger partial charge is 0.416 e. The molecule has 0 radical (unpaired) electrons. The third kappa shape index (κ3) is 5.03. The molecule has 174 valence electrons. The van der Waals surface area contributed by atoms with E-state index >= 15 is 0 Å². The third-order valence-corrected chi connectivity index (χ3v) is 4.73. The van der Waals surface area contributed by atoms with E-state index in [1.54, 1.807) is 0 Å². The zero-order valence-corrected chi connectivity index (χ0v) is 16.2. The highest BCUT2D eigenvalue weighted by Crippen LogP contribution is 2.39. The highest BCUT2D eigenvalue weighted by Gasteiger charge is 2.47. The summed E-state index contributed by atoms with van der Waals surface area (Å²) in [7, 11) is 0. The molecular weight excluding hydrogens is 451 g/mol. The summed E-state index contributed by atoms with van der Waals surface area (Å²) in [4.78, 5) is 11.8. The van der Waals surface area contributed by atoms with Gasteiger partial charge in [-0.05, 0) is 42.8 Å². The Bertz CT molecular complexity index is 959. The zero-order valence-electron chi connectivity index (χ0n) is 16.2. The summed E-state index contributed by atoms with van der Waals surface area (Å²) >= 11 is 0. The fraction of sp³-hybridized carbons (Fsp3) is 0.350. The number of carbonyl (C=O) groups excluding carboxylic acids is 1. The van der Waals surface area contributed by atoms with E-state index < -0.39 is 65.5 Å². The first kappa shape index (κ1) is 24.0. The molecule has 2 N–H and O–H groups in total. The summed E-state index contributed by atoms with van der Waals surface area (Å²) in [6.45, 7) is 0.553. The lowest BCUT2D eigenvalue weighted by Gasteiger charge is -2.40. The van der Waals surface area contributed by atoms with Gasteiger partial charge in [0.2, 0.25) is 17.9 Å². The molecule has 0 spiro atoms. The Morgan fingerprint density at radius 2 is 1.59 bits per heavy atom. The fourth-order valence-electron chi connectivity index (χ4n) is 3.11. The lowest BCUT2D eigenvalue weighted by atomic mass is 9.99. The molecule has 0 aliphatic carbocycles. The first-order valence-corrected chi connectivity index (χ1v) is 9.06. The summed E-state index contributed by atoms with van der Waals surface area (Å²) in [5.41, 5.74) is -6.03. The number of alkyl halides is 6. The van der Waals surface area contributed by atoms with Crippen LogP contribution in [0.3, 0.4) is 0 Å². The number of aliphatic hydroxyl groups is 1. The molecular formula is C20H16F7NO4. The monoisotopic (exact) mass is 467 g/mol. The lowest BCUT2D eigenvalue weighted by Crippen LogP contribution is -2.61. The smallest absolute Gasteiger partial charge is 0.363 e. The predicted octanol–water partition coefficient (Wildman–Crippen LogP) is 4.26. The molecule has 3 rings (SSSR count). The number of halogens is 7. The van der Waals surface area contributed by atoms with Crippen LogP contribution >= 0.6 is 0 Å². The van der Waals surface area contributed by atoms with Gasteiger partial charge in [0.05, 0.1) is 17.2 Å². The molecule has 5 nitrogen and oxygen atoms in total. The summed E-state index contributed by atoms with van der Waals surface area (Å²) < 4.78 is 103. The van der Waals surface area contributed by atoms with Gasteiger partial charge in [0.25, 0.3) is 0 Å². The van der Waals surface area contributed by atoms with E-state index in [9.17, 15) is 40.6 Å². The van der Waals surface area contributed by atoms with E-state index in [-0.39, 0.29) is 11.6 Å². The number of nitrogens with one attached hydrogen (secondary N) is 1. The molecule has 2 aromatic carbocycles. The number of carbonyl (C=O) groups is 1. The van der Waals surface area contributed by atoms with Gasteiger partial charge in [0.1, 0.15) is 12.4 Å². The minimum Gasteiger partial charge on any atom is -0.363 e. The van der Waals surface area contributed by atoms with Gasteiger partial charge in [-0.25, -0.2) is 4.39 Å². The summed E-state index contributed by atoms with van der Waals surface area (Å²) in [5.74, 6) is -1.43. The Morgan fingerprint density at radius 1 is 1.06 bits per heavy atom. The molecule has 1 amide bonds. The lowest BCUT2D eigenvalue weighted by molar-refractivity contribution is -0.282. The minimum atomic E-state index is -5.06. The van der Waals surface area contributed by atoms with Gasteiger partial charge in [-0.1, -0.05) is 12.1 Å². The number of hydrogen-bond donors (Lipinski definition) is 2. The van der Waals surface area contributed by atoms with Crippen LogP contribution in [0.2, 0.25) is 0 Å². The van der Waals surface area contributed by atoms with Crippen molar-refractivity contribution in [1.82, 2.24) is 5.32 Å².